The Morgan fingerprint density at radius 2 is 1.30 bits per heavy atom. The number of para-hydroxylation sites is 2. The third-order valence-electron chi connectivity index (χ3n) is 0.996. The first-order chi connectivity index (χ1) is 4.80. The number of nitrogens with two attached hydrogens (primary N) is 2. The third-order valence-corrected chi connectivity index (χ3v) is 0.996. The molecule has 1 aromatic carbocycles. The van der Waals surface area contributed by atoms with E-state index < -0.39 is 0 Å². The van der Waals surface area contributed by atoms with Gasteiger partial charge in [-0.1, -0.05) is 12.1 Å². The van der Waals surface area contributed by atoms with Gasteiger partial charge in [0.1, 0.15) is 0 Å². The second kappa shape index (κ2) is 4.90. The van der Waals surface area contributed by atoms with Crippen molar-refractivity contribution in [1.82, 2.24) is 0 Å². The van der Waals surface area contributed by atoms with E-state index in [1.54, 1.807) is 12.1 Å². The minimum Gasteiger partial charge on any atom is -0.397 e. The summed E-state index contributed by atoms with van der Waals surface area (Å²) in [7, 11) is 0. The highest BCUT2D eigenvalue weighted by Crippen LogP contribution is 2.10. The molecule has 56 valence electrons. The molecule has 0 aliphatic carbocycles. The Balaban J connectivity index is 0.000000371. The molecule has 0 atom stereocenters. The van der Waals surface area contributed by atoms with Gasteiger partial charge in [-0.25, -0.2) is 0 Å². The second-order valence-corrected chi connectivity index (χ2v) is 1.63. The number of anilines is 2. The summed E-state index contributed by atoms with van der Waals surface area (Å²) in [5.74, 6) is 0. The fourth-order valence-corrected chi connectivity index (χ4v) is 0.511. The van der Waals surface area contributed by atoms with E-state index in [0.717, 1.165) is 0 Å². The van der Waals surface area contributed by atoms with Crippen LogP contribution in [0.15, 0.2) is 24.3 Å². The molecule has 10 heavy (non-hydrogen) atoms. The summed E-state index contributed by atoms with van der Waals surface area (Å²) >= 11 is 3.64. The monoisotopic (exact) mass is 160 g/mol. The first-order valence-electron chi connectivity index (χ1n) is 2.57. The summed E-state index contributed by atoms with van der Waals surface area (Å²) in [6.07, 6.45) is 0. The fraction of sp³-hybridized carbons (Fsp3) is 0. The maximum Gasteiger partial charge on any atom is 0.0579 e. The Morgan fingerprint density at radius 3 is 1.50 bits per heavy atom. The summed E-state index contributed by atoms with van der Waals surface area (Å²) in [5.41, 5.74) is 12.1. The molecule has 4 heteroatoms. The van der Waals surface area contributed by atoms with Crippen molar-refractivity contribution in [2.45, 2.75) is 0 Å². The molecule has 0 saturated carbocycles. The van der Waals surface area contributed by atoms with E-state index >= 15 is 0 Å². The van der Waals surface area contributed by atoms with Crippen molar-refractivity contribution < 1.29 is 4.66 Å². The van der Waals surface area contributed by atoms with Gasteiger partial charge in [0, 0.05) is 0 Å². The lowest BCUT2D eigenvalue weighted by atomic mass is 10.3. The lowest BCUT2D eigenvalue weighted by molar-refractivity contribution is 0.632. The molecule has 0 fully saturated rings. The van der Waals surface area contributed by atoms with Crippen molar-refractivity contribution >= 4 is 23.2 Å². The average Bonchev–Trinajstić information content (AvgIpc) is 2.00. The van der Waals surface area contributed by atoms with Gasteiger partial charge in [0.2, 0.25) is 0 Å². The van der Waals surface area contributed by atoms with Crippen LogP contribution in [0.4, 0.5) is 11.4 Å². The Morgan fingerprint density at radius 1 is 1.00 bits per heavy atom. The van der Waals surface area contributed by atoms with Gasteiger partial charge in [0.15, 0.2) is 0 Å². The van der Waals surface area contributed by atoms with Crippen LogP contribution < -0.4 is 11.5 Å². The van der Waals surface area contributed by atoms with E-state index in [4.69, 9.17) is 16.1 Å². The SMILES string of the molecule is Nc1ccccc1N.OCl. The van der Waals surface area contributed by atoms with Crippen LogP contribution in [0.25, 0.3) is 0 Å². The van der Waals surface area contributed by atoms with E-state index in [1.165, 1.54) is 0 Å². The molecule has 0 spiro atoms. The van der Waals surface area contributed by atoms with Crippen LogP contribution in [0.3, 0.4) is 0 Å². The van der Waals surface area contributed by atoms with E-state index in [1.807, 2.05) is 12.1 Å². The Bertz CT molecular complexity index is 172. The molecule has 0 aromatic heterocycles. The molecule has 0 bridgehead atoms. The zero-order valence-electron chi connectivity index (χ0n) is 5.29. The highest BCUT2D eigenvalue weighted by atomic mass is 35.5. The van der Waals surface area contributed by atoms with E-state index in [9.17, 15) is 0 Å². The van der Waals surface area contributed by atoms with Gasteiger partial charge in [0.25, 0.3) is 0 Å². The predicted molar refractivity (Wildman–Crippen MR) is 43.3 cm³/mol. The quantitative estimate of drug-likeness (QED) is 0.496. The van der Waals surface area contributed by atoms with Gasteiger partial charge in [0.05, 0.1) is 23.2 Å². The standard InChI is InChI=1S/C6H8N2.ClHO/c7-5-3-1-2-4-6(5)8;1-2/h1-4H,7-8H2;2H. The molecule has 0 aliphatic heterocycles. The molecule has 1 rings (SSSR count). The van der Waals surface area contributed by atoms with Gasteiger partial charge in [-0.05, 0) is 12.1 Å². The van der Waals surface area contributed by atoms with Gasteiger partial charge < -0.3 is 11.5 Å². The van der Waals surface area contributed by atoms with Crippen LogP contribution in [0, 0.1) is 0 Å². The second-order valence-electron chi connectivity index (χ2n) is 1.63. The smallest absolute Gasteiger partial charge is 0.0579 e. The highest BCUT2D eigenvalue weighted by molar-refractivity contribution is 6.04. The minimum atomic E-state index is 0.646. The van der Waals surface area contributed by atoms with Crippen molar-refractivity contribution in [3.05, 3.63) is 24.3 Å². The van der Waals surface area contributed by atoms with Crippen LogP contribution in [0.2, 0.25) is 0 Å². The Labute approximate surface area is 64.4 Å². The van der Waals surface area contributed by atoms with Gasteiger partial charge in [-0.15, -0.1) is 0 Å². The number of hydrogen-bond donors (Lipinski definition) is 3. The lowest BCUT2D eigenvalue weighted by Gasteiger charge is -1.94. The summed E-state index contributed by atoms with van der Waals surface area (Å²) in [5, 5.41) is 0. The molecular formula is C6H9ClN2O. The third kappa shape index (κ3) is 2.57. The van der Waals surface area contributed by atoms with Crippen LogP contribution in [0.1, 0.15) is 0 Å². The molecule has 0 saturated heterocycles. The zero-order chi connectivity index (χ0) is 7.98. The molecule has 0 unspecified atom stereocenters. The maximum atomic E-state index is 6.47. The highest BCUT2D eigenvalue weighted by Gasteiger charge is 1.85. The van der Waals surface area contributed by atoms with Crippen LogP contribution in [0.5, 0.6) is 0 Å². The van der Waals surface area contributed by atoms with E-state index in [0.29, 0.717) is 11.4 Å². The van der Waals surface area contributed by atoms with Gasteiger partial charge in [-0.3, -0.25) is 4.66 Å². The average molecular weight is 161 g/mol. The number of rotatable bonds is 0. The molecule has 0 aliphatic rings. The Kier molecular flexibility index (Phi) is 4.45. The number of nitrogen functional groups attached to an aromatic ring is 2. The van der Waals surface area contributed by atoms with Crippen LogP contribution >= 0.6 is 11.9 Å². The normalized spacial score (nSPS) is 7.80. The van der Waals surface area contributed by atoms with Gasteiger partial charge in [-0.2, -0.15) is 0 Å². The molecule has 3 nitrogen and oxygen atoms in total. The summed E-state index contributed by atoms with van der Waals surface area (Å²) < 4.78 is 6.47. The molecule has 5 N–H and O–H groups in total. The number of benzene rings is 1. The van der Waals surface area contributed by atoms with Crippen molar-refractivity contribution in [3.8, 4) is 0 Å². The fourth-order valence-electron chi connectivity index (χ4n) is 0.511. The first-order valence-corrected chi connectivity index (χ1v) is 2.91. The molecule has 1 aromatic rings. The number of hydrogen-bond acceptors (Lipinski definition) is 3. The molecule has 0 radical (unpaired) electrons. The number of halogens is 1. The zero-order valence-corrected chi connectivity index (χ0v) is 6.05. The summed E-state index contributed by atoms with van der Waals surface area (Å²) in [6, 6.07) is 7.25. The first kappa shape index (κ1) is 9.07. The lowest BCUT2D eigenvalue weighted by Crippen LogP contribution is -1.91. The molecule has 0 heterocycles. The van der Waals surface area contributed by atoms with E-state index in [2.05, 4.69) is 11.9 Å². The Hall–Kier alpha value is -0.930. The molecular weight excluding hydrogens is 152 g/mol. The largest absolute Gasteiger partial charge is 0.397 e. The summed E-state index contributed by atoms with van der Waals surface area (Å²) in [4.78, 5) is 0. The predicted octanol–water partition coefficient (Wildman–Crippen LogP) is 0.984. The van der Waals surface area contributed by atoms with E-state index in [-0.39, 0.29) is 0 Å². The van der Waals surface area contributed by atoms with Crippen molar-refractivity contribution in [2.75, 3.05) is 11.5 Å². The van der Waals surface area contributed by atoms with Crippen LogP contribution in [-0.2, 0) is 0 Å². The topological polar surface area (TPSA) is 72.3 Å². The van der Waals surface area contributed by atoms with Crippen molar-refractivity contribution in [2.24, 2.45) is 0 Å². The minimum absolute atomic E-state index is 0.646. The summed E-state index contributed by atoms with van der Waals surface area (Å²) in [6.45, 7) is 0. The van der Waals surface area contributed by atoms with Crippen molar-refractivity contribution in [1.29, 1.82) is 0 Å². The maximum absolute atomic E-state index is 6.47. The van der Waals surface area contributed by atoms with Gasteiger partial charge >= 0.3 is 0 Å². The van der Waals surface area contributed by atoms with Crippen LogP contribution in [-0.4, -0.2) is 4.66 Å². The van der Waals surface area contributed by atoms with Crippen molar-refractivity contribution in [3.63, 3.8) is 0 Å². The molecule has 0 amide bonds.